The summed E-state index contributed by atoms with van der Waals surface area (Å²) in [5.41, 5.74) is 3.22. The van der Waals surface area contributed by atoms with Crippen LogP contribution in [0.5, 0.6) is 11.5 Å². The van der Waals surface area contributed by atoms with E-state index in [1.165, 1.54) is 12.1 Å². The number of carboxylic acids is 2. The predicted molar refractivity (Wildman–Crippen MR) is 157 cm³/mol. The third-order valence-corrected chi connectivity index (χ3v) is 6.92. The number of unbranched alkanes of at least 4 members (excludes halogenated alkanes) is 1. The van der Waals surface area contributed by atoms with Gasteiger partial charge in [0.25, 0.3) is 0 Å². The van der Waals surface area contributed by atoms with Gasteiger partial charge < -0.3 is 24.3 Å². The molecular weight excluding hydrogens is 544 g/mol. The Labute approximate surface area is 242 Å². The lowest BCUT2D eigenvalue weighted by Crippen LogP contribution is -2.10. The average Bonchev–Trinajstić information content (AvgIpc) is 3.23. The Bertz CT molecular complexity index is 1580. The van der Waals surface area contributed by atoms with Gasteiger partial charge in [0, 0.05) is 17.5 Å². The molecule has 0 aliphatic heterocycles. The van der Waals surface area contributed by atoms with Crippen molar-refractivity contribution < 1.29 is 38.1 Å². The summed E-state index contributed by atoms with van der Waals surface area (Å²) < 4.78 is 41.5. The summed E-state index contributed by atoms with van der Waals surface area (Å²) in [4.78, 5) is 22.6. The van der Waals surface area contributed by atoms with Crippen LogP contribution in [0.15, 0.2) is 60.7 Å². The number of carboxylic acid groups (broad SMARTS) is 2. The number of carbonyl (C=O) groups is 2. The van der Waals surface area contributed by atoms with Gasteiger partial charge in [0.15, 0.2) is 11.6 Å². The molecule has 0 fully saturated rings. The first kappa shape index (κ1) is 30.3. The molecule has 0 aliphatic rings. The van der Waals surface area contributed by atoms with Gasteiger partial charge in [0.05, 0.1) is 18.7 Å². The van der Waals surface area contributed by atoms with E-state index in [2.05, 4.69) is 0 Å². The van der Waals surface area contributed by atoms with Gasteiger partial charge in [-0.1, -0.05) is 36.4 Å². The fourth-order valence-electron chi connectivity index (χ4n) is 4.86. The summed E-state index contributed by atoms with van der Waals surface area (Å²) in [6.07, 6.45) is 5.70. The molecule has 7 nitrogen and oxygen atoms in total. The molecule has 0 spiro atoms. The number of ether oxygens (including phenoxy) is 2. The van der Waals surface area contributed by atoms with E-state index >= 15 is 4.39 Å². The van der Waals surface area contributed by atoms with Crippen LogP contribution in [0.25, 0.3) is 23.1 Å². The highest BCUT2D eigenvalue weighted by atomic mass is 19.1. The number of halogens is 2. The number of aryl methyl sites for hydroxylation is 1. The molecule has 220 valence electrons. The molecule has 3 aromatic carbocycles. The first-order valence-corrected chi connectivity index (χ1v) is 13.8. The number of aromatic nitrogens is 1. The standard InChI is InChI=1S/C33H33F2NO6/c1-22-26(7-6-10-30(37)38)32-28(35)18-15-24(33(32)36(22)21-31(39)40)14-11-23-12-16-25(17-13-23)41-19-4-5-20-42-29-9-3-2-8-27(29)34/h2-3,8-9,11-18H,4-7,10,19-21H2,1H3,(H,37,38)(H,39,40). The fraction of sp³-hybridized carbons (Fsp3) is 0.273. The van der Waals surface area contributed by atoms with Gasteiger partial charge in [-0.05, 0) is 85.7 Å². The predicted octanol–water partition coefficient (Wildman–Crippen LogP) is 7.13. The van der Waals surface area contributed by atoms with Crippen molar-refractivity contribution in [2.24, 2.45) is 0 Å². The zero-order valence-corrected chi connectivity index (χ0v) is 23.3. The van der Waals surface area contributed by atoms with Crippen molar-refractivity contribution >= 4 is 35.0 Å². The summed E-state index contributed by atoms with van der Waals surface area (Å²) in [5, 5.41) is 18.9. The van der Waals surface area contributed by atoms with Gasteiger partial charge in [0.1, 0.15) is 18.1 Å². The maximum atomic E-state index is 15.1. The Morgan fingerprint density at radius 2 is 1.55 bits per heavy atom. The van der Waals surface area contributed by atoms with Crippen molar-refractivity contribution in [3.63, 3.8) is 0 Å². The van der Waals surface area contributed by atoms with E-state index in [-0.39, 0.29) is 24.5 Å². The van der Waals surface area contributed by atoms with Crippen molar-refractivity contribution in [1.82, 2.24) is 4.57 Å². The number of para-hydroxylation sites is 1. The summed E-state index contributed by atoms with van der Waals surface area (Å²) in [7, 11) is 0. The molecule has 9 heteroatoms. The molecule has 4 aromatic rings. The Balaban J connectivity index is 1.42. The lowest BCUT2D eigenvalue weighted by atomic mass is 10.0. The van der Waals surface area contributed by atoms with Gasteiger partial charge in [-0.25, -0.2) is 8.78 Å². The molecule has 0 saturated carbocycles. The van der Waals surface area contributed by atoms with E-state index in [1.807, 2.05) is 36.4 Å². The van der Waals surface area contributed by atoms with E-state index in [9.17, 15) is 19.1 Å². The van der Waals surface area contributed by atoms with Crippen LogP contribution in [0.3, 0.4) is 0 Å². The maximum absolute atomic E-state index is 15.1. The molecule has 0 aliphatic carbocycles. The second-order valence-corrected chi connectivity index (χ2v) is 9.89. The largest absolute Gasteiger partial charge is 0.494 e. The lowest BCUT2D eigenvalue weighted by molar-refractivity contribution is -0.138. The van der Waals surface area contributed by atoms with Gasteiger partial charge in [-0.3, -0.25) is 9.59 Å². The molecule has 1 heterocycles. The smallest absolute Gasteiger partial charge is 0.323 e. The molecule has 0 atom stereocenters. The van der Waals surface area contributed by atoms with Gasteiger partial charge >= 0.3 is 11.9 Å². The minimum atomic E-state index is -1.06. The molecule has 42 heavy (non-hydrogen) atoms. The minimum absolute atomic E-state index is 0.0597. The summed E-state index contributed by atoms with van der Waals surface area (Å²) in [6, 6.07) is 16.7. The highest BCUT2D eigenvalue weighted by Crippen LogP contribution is 2.33. The second kappa shape index (κ2) is 14.3. The minimum Gasteiger partial charge on any atom is -0.494 e. The lowest BCUT2D eigenvalue weighted by Gasteiger charge is -2.09. The van der Waals surface area contributed by atoms with Gasteiger partial charge in [-0.15, -0.1) is 0 Å². The maximum Gasteiger partial charge on any atom is 0.323 e. The van der Waals surface area contributed by atoms with Crippen LogP contribution in [0.2, 0.25) is 0 Å². The Morgan fingerprint density at radius 3 is 2.24 bits per heavy atom. The molecule has 4 rings (SSSR count). The van der Waals surface area contributed by atoms with E-state index < -0.39 is 17.8 Å². The van der Waals surface area contributed by atoms with Crippen LogP contribution in [-0.4, -0.2) is 39.9 Å². The van der Waals surface area contributed by atoms with Crippen LogP contribution in [0.4, 0.5) is 8.78 Å². The first-order valence-electron chi connectivity index (χ1n) is 13.8. The van der Waals surface area contributed by atoms with E-state index in [4.69, 9.17) is 14.6 Å². The van der Waals surface area contributed by atoms with Crippen molar-refractivity contribution in [1.29, 1.82) is 0 Å². The molecular formula is C33H33F2NO6. The van der Waals surface area contributed by atoms with Crippen LogP contribution < -0.4 is 9.47 Å². The van der Waals surface area contributed by atoms with Crippen molar-refractivity contribution in [3.8, 4) is 11.5 Å². The third-order valence-electron chi connectivity index (χ3n) is 6.92. The zero-order valence-electron chi connectivity index (χ0n) is 23.3. The molecule has 1 aromatic heterocycles. The zero-order chi connectivity index (χ0) is 30.1. The Morgan fingerprint density at radius 1 is 0.833 bits per heavy atom. The topological polar surface area (TPSA) is 98.0 Å². The second-order valence-electron chi connectivity index (χ2n) is 9.89. The SMILES string of the molecule is Cc1c(CCCC(=O)O)c2c(F)ccc(C=Cc3ccc(OCCCCOc4ccccc4F)cc3)c2n1CC(=O)O. The monoisotopic (exact) mass is 577 g/mol. The van der Waals surface area contributed by atoms with Crippen LogP contribution in [-0.2, 0) is 22.6 Å². The first-order chi connectivity index (χ1) is 20.2. The fourth-order valence-corrected chi connectivity index (χ4v) is 4.86. The van der Waals surface area contributed by atoms with Crippen LogP contribution >= 0.6 is 0 Å². The van der Waals surface area contributed by atoms with Crippen LogP contribution in [0, 0.1) is 18.6 Å². The quantitative estimate of drug-likeness (QED) is 0.115. The number of hydrogen-bond acceptors (Lipinski definition) is 4. The molecule has 0 radical (unpaired) electrons. The molecule has 0 amide bonds. The Hall–Kier alpha value is -4.66. The van der Waals surface area contributed by atoms with Crippen molar-refractivity contribution in [3.05, 3.63) is 94.7 Å². The highest BCUT2D eigenvalue weighted by molar-refractivity contribution is 5.95. The van der Waals surface area contributed by atoms with Gasteiger partial charge in [-0.2, -0.15) is 0 Å². The van der Waals surface area contributed by atoms with Crippen molar-refractivity contribution in [2.75, 3.05) is 13.2 Å². The highest BCUT2D eigenvalue weighted by Gasteiger charge is 2.21. The normalized spacial score (nSPS) is 11.3. The number of rotatable bonds is 15. The van der Waals surface area contributed by atoms with Crippen LogP contribution in [0.1, 0.15) is 48.1 Å². The van der Waals surface area contributed by atoms with E-state index in [0.717, 1.165) is 12.0 Å². The summed E-state index contributed by atoms with van der Waals surface area (Å²) in [6.45, 7) is 2.27. The number of nitrogens with zero attached hydrogens (tertiary/aromatic N) is 1. The number of hydrogen-bond donors (Lipinski definition) is 2. The van der Waals surface area contributed by atoms with Gasteiger partial charge in [0.2, 0.25) is 0 Å². The van der Waals surface area contributed by atoms with E-state index in [0.29, 0.717) is 65.9 Å². The number of fused-ring (bicyclic) bond motifs is 1. The molecule has 2 N–H and O–H groups in total. The average molecular weight is 578 g/mol. The van der Waals surface area contributed by atoms with E-state index in [1.54, 1.807) is 35.8 Å². The Kier molecular flexibility index (Phi) is 10.3. The number of aliphatic carboxylic acids is 2. The summed E-state index contributed by atoms with van der Waals surface area (Å²) in [5.74, 6) is -1.91. The van der Waals surface area contributed by atoms with Crippen molar-refractivity contribution in [2.45, 2.75) is 45.6 Å². The summed E-state index contributed by atoms with van der Waals surface area (Å²) >= 11 is 0. The molecule has 0 unspecified atom stereocenters. The number of benzene rings is 3. The third kappa shape index (κ3) is 7.75. The molecule has 0 saturated heterocycles. The molecule has 0 bridgehead atoms.